The quantitative estimate of drug-likeness (QED) is 0.0260. The van der Waals surface area contributed by atoms with E-state index < -0.39 is 36.1 Å². The molecule has 19 heteroatoms. The number of hydrogen-bond acceptors (Lipinski definition) is 14. The third-order valence-corrected chi connectivity index (χ3v) is 10.2. The normalized spacial score (nSPS) is 12.6. The monoisotopic (exact) mass is 970 g/mol. The van der Waals surface area contributed by atoms with Crippen molar-refractivity contribution in [1.82, 2.24) is 9.80 Å². The van der Waals surface area contributed by atoms with Crippen LogP contribution in [0.2, 0.25) is 0 Å². The van der Waals surface area contributed by atoms with Gasteiger partial charge in [-0.1, -0.05) is 24.3 Å². The molecule has 0 spiro atoms. The first-order valence-corrected chi connectivity index (χ1v) is 22.4. The largest absolute Gasteiger partial charge is 0.490 e. The topological polar surface area (TPSA) is 249 Å². The van der Waals surface area contributed by atoms with Gasteiger partial charge in [-0.2, -0.15) is 0 Å². The Bertz CT molecular complexity index is 2450. The van der Waals surface area contributed by atoms with Crippen LogP contribution in [0.15, 0.2) is 78.9 Å². The molecule has 0 heterocycles. The second-order valence-corrected chi connectivity index (χ2v) is 16.6. The van der Waals surface area contributed by atoms with Crippen molar-refractivity contribution in [3.8, 4) is 34.5 Å². The van der Waals surface area contributed by atoms with Crippen LogP contribution in [0.25, 0.3) is 6.08 Å². The fourth-order valence-corrected chi connectivity index (χ4v) is 6.13. The minimum Gasteiger partial charge on any atom is -0.490 e. The lowest BCUT2D eigenvalue weighted by Crippen LogP contribution is -2.20. The molecular formula is C51H62N4O15. The van der Waals surface area contributed by atoms with E-state index in [4.69, 9.17) is 38.6 Å². The van der Waals surface area contributed by atoms with Gasteiger partial charge in [-0.25, -0.2) is 9.59 Å². The highest BCUT2D eigenvalue weighted by Crippen LogP contribution is 2.43. The molecule has 19 nitrogen and oxygen atoms in total. The van der Waals surface area contributed by atoms with Gasteiger partial charge in [-0.05, 0) is 120 Å². The van der Waals surface area contributed by atoms with Gasteiger partial charge < -0.3 is 64.2 Å². The first-order chi connectivity index (χ1) is 33.5. The fourth-order valence-electron chi connectivity index (χ4n) is 6.13. The van der Waals surface area contributed by atoms with E-state index in [1.54, 1.807) is 62.8 Å². The summed E-state index contributed by atoms with van der Waals surface area (Å²) in [6, 6.07) is 19.1. The number of aromatic carboxylic acids is 2. The summed E-state index contributed by atoms with van der Waals surface area (Å²) in [6.07, 6.45) is 7.81. The number of aldehydes is 1. The van der Waals surface area contributed by atoms with Gasteiger partial charge in [-0.15, -0.1) is 0 Å². The number of likely N-dealkylation sites (N-methyl/N-ethyl adjacent to an activating group) is 2. The van der Waals surface area contributed by atoms with Gasteiger partial charge in [0.25, 0.3) is 0 Å². The van der Waals surface area contributed by atoms with Crippen LogP contribution < -0.4 is 39.1 Å². The van der Waals surface area contributed by atoms with Crippen molar-refractivity contribution in [3.05, 3.63) is 101 Å². The molecule has 2 aliphatic rings. The number of para-hydroxylation sites is 2. The van der Waals surface area contributed by atoms with Crippen LogP contribution in [0, 0.1) is 11.8 Å². The number of nitrogens with zero attached hydrogens (tertiary/aromatic N) is 2. The number of carboxylic acid groups (broad SMARTS) is 3. The molecule has 0 atom stereocenters. The van der Waals surface area contributed by atoms with Crippen molar-refractivity contribution >= 4 is 53.5 Å². The van der Waals surface area contributed by atoms with Gasteiger partial charge in [0.15, 0.2) is 29.3 Å². The molecule has 0 radical (unpaired) electrons. The van der Waals surface area contributed by atoms with Crippen LogP contribution in [0.1, 0.15) is 68.7 Å². The maximum atomic E-state index is 12.5. The molecule has 376 valence electrons. The van der Waals surface area contributed by atoms with Gasteiger partial charge in [0, 0.05) is 24.7 Å². The Balaban J connectivity index is 0.000000247. The molecule has 0 aromatic heterocycles. The number of anilines is 2. The van der Waals surface area contributed by atoms with Crippen LogP contribution in [-0.4, -0.2) is 143 Å². The van der Waals surface area contributed by atoms with Gasteiger partial charge in [-0.3, -0.25) is 19.2 Å². The highest BCUT2D eigenvalue weighted by atomic mass is 16.5. The second-order valence-electron chi connectivity index (χ2n) is 16.6. The molecule has 5 N–H and O–H groups in total. The van der Waals surface area contributed by atoms with Crippen molar-refractivity contribution < 1.29 is 72.5 Å². The number of hydrogen-bond donors (Lipinski definition) is 5. The van der Waals surface area contributed by atoms with Crippen LogP contribution in [0.4, 0.5) is 11.4 Å². The number of benzene rings is 4. The molecule has 0 saturated heterocycles. The van der Waals surface area contributed by atoms with Crippen molar-refractivity contribution in [2.75, 3.05) is 92.6 Å². The van der Waals surface area contributed by atoms with Crippen molar-refractivity contribution in [2.45, 2.75) is 32.1 Å². The summed E-state index contributed by atoms with van der Waals surface area (Å²) in [5, 5.41) is 31.3. The lowest BCUT2D eigenvalue weighted by Gasteiger charge is -2.18. The molecule has 70 heavy (non-hydrogen) atoms. The highest BCUT2D eigenvalue weighted by Gasteiger charge is 2.25. The Kier molecular flexibility index (Phi) is 22.0. The number of carboxylic acids is 3. The molecular weight excluding hydrogens is 909 g/mol. The lowest BCUT2D eigenvalue weighted by molar-refractivity contribution is -0.139. The minimum absolute atomic E-state index is 0.0193. The highest BCUT2D eigenvalue weighted by molar-refractivity contribution is 6.06. The molecule has 0 aliphatic heterocycles. The van der Waals surface area contributed by atoms with Crippen LogP contribution in [0.5, 0.6) is 34.5 Å². The van der Waals surface area contributed by atoms with Gasteiger partial charge in [0.1, 0.15) is 19.6 Å². The average Bonchev–Trinajstić information content (AvgIpc) is 4.27. The SMILES string of the molecule is COc1c(OCC2CC2)ccc(/C=C/C(=O)Nc2ccccc2C(=O)O)c1OCCN(C)C.COc1c(OCC2CC2)ccc(C=O)c1OCCN(C)C.O=C(O)CC(=O)Nc1ccccc1C(=O)O. The number of methoxy groups -OCH3 is 2. The maximum absolute atomic E-state index is 12.5. The molecule has 4 aromatic rings. The van der Waals surface area contributed by atoms with Crippen LogP contribution in [-0.2, 0) is 14.4 Å². The molecule has 6 rings (SSSR count). The van der Waals surface area contributed by atoms with E-state index >= 15 is 0 Å². The first-order valence-electron chi connectivity index (χ1n) is 22.4. The van der Waals surface area contributed by atoms with Gasteiger partial charge in [0.05, 0.1) is 55.5 Å². The summed E-state index contributed by atoms with van der Waals surface area (Å²) >= 11 is 0. The predicted octanol–water partition coefficient (Wildman–Crippen LogP) is 6.81. The molecule has 2 amide bonds. The number of carbonyl (C=O) groups excluding carboxylic acids is 3. The standard InChI is InChI=1S/C25H30N2O6.C16H23NO4.C10H9NO5/c1-27(2)14-15-32-23-18(10-12-21(24(23)31-3)33-16-17-8-9-17)11-13-22(28)26-20-7-5-4-6-19(20)25(29)30;1-17(2)8-9-20-15-13(10-18)6-7-14(16(15)19-3)21-11-12-4-5-12;12-8(5-9(13)14)11-7-4-2-1-3-6(7)10(15)16/h4-7,10-13,17H,8-9,14-16H2,1-3H3,(H,26,28)(H,29,30);6-7,10,12H,4-5,8-9,11H2,1-3H3;1-4H,5H2,(H,11,12)(H,13,14)(H,15,16)/b13-11+;;. The zero-order chi connectivity index (χ0) is 51.2. The van der Waals surface area contributed by atoms with E-state index in [1.807, 2.05) is 44.1 Å². The Hall–Kier alpha value is -7.64. The van der Waals surface area contributed by atoms with E-state index in [-0.39, 0.29) is 22.5 Å². The summed E-state index contributed by atoms with van der Waals surface area (Å²) in [6.45, 7) is 3.69. The third-order valence-electron chi connectivity index (χ3n) is 10.2. The fraction of sp³-hybridized carbons (Fsp3) is 0.373. The smallest absolute Gasteiger partial charge is 0.337 e. The first kappa shape index (κ1) is 55.0. The van der Waals surface area contributed by atoms with E-state index in [0.717, 1.165) is 12.8 Å². The zero-order valence-corrected chi connectivity index (χ0v) is 40.2. The molecule has 2 saturated carbocycles. The minimum atomic E-state index is -1.27. The van der Waals surface area contributed by atoms with Crippen LogP contribution >= 0.6 is 0 Å². The molecule has 4 aromatic carbocycles. The Morgan fingerprint density at radius 3 is 1.46 bits per heavy atom. The average molecular weight is 971 g/mol. The number of ether oxygens (including phenoxy) is 6. The number of carbonyl (C=O) groups is 6. The number of rotatable bonds is 25. The van der Waals surface area contributed by atoms with Crippen molar-refractivity contribution in [2.24, 2.45) is 11.8 Å². The van der Waals surface area contributed by atoms with Gasteiger partial charge in [0.2, 0.25) is 23.3 Å². The zero-order valence-electron chi connectivity index (χ0n) is 40.2. The Labute approximate surface area is 406 Å². The number of aliphatic carboxylic acids is 1. The van der Waals surface area contributed by atoms with E-state index in [9.17, 15) is 33.9 Å². The summed E-state index contributed by atoms with van der Waals surface area (Å²) in [5.74, 6) is -0.399. The Morgan fingerprint density at radius 1 is 0.600 bits per heavy atom. The summed E-state index contributed by atoms with van der Waals surface area (Å²) < 4.78 is 34.5. The maximum Gasteiger partial charge on any atom is 0.337 e. The predicted molar refractivity (Wildman–Crippen MR) is 261 cm³/mol. The van der Waals surface area contributed by atoms with E-state index in [1.165, 1.54) is 56.0 Å². The third kappa shape index (κ3) is 18.5. The second kappa shape index (κ2) is 28.0. The molecule has 0 bridgehead atoms. The molecule has 0 unspecified atom stereocenters. The van der Waals surface area contributed by atoms with Crippen molar-refractivity contribution in [1.29, 1.82) is 0 Å². The molecule has 2 aliphatic carbocycles. The van der Waals surface area contributed by atoms with E-state index in [0.29, 0.717) is 90.4 Å². The van der Waals surface area contributed by atoms with Crippen molar-refractivity contribution in [3.63, 3.8) is 0 Å². The molecule has 2 fully saturated rings. The summed E-state index contributed by atoms with van der Waals surface area (Å²) in [4.78, 5) is 71.2. The lowest BCUT2D eigenvalue weighted by atomic mass is 10.1. The number of nitrogens with one attached hydrogen (secondary N) is 2. The number of amides is 2. The summed E-state index contributed by atoms with van der Waals surface area (Å²) in [7, 11) is 11.0. The van der Waals surface area contributed by atoms with E-state index in [2.05, 4.69) is 10.6 Å². The van der Waals surface area contributed by atoms with Crippen LogP contribution in [0.3, 0.4) is 0 Å². The summed E-state index contributed by atoms with van der Waals surface area (Å²) in [5.41, 5.74) is 1.37. The van der Waals surface area contributed by atoms with Gasteiger partial charge >= 0.3 is 17.9 Å². The Morgan fingerprint density at radius 2 is 1.04 bits per heavy atom.